The Balaban J connectivity index is 1.54. The maximum Gasteiger partial charge on any atom is 0.332 e. The number of nitrogens with one attached hydrogen (secondary N) is 1. The lowest BCUT2D eigenvalue weighted by Crippen LogP contribution is -2.40. The Kier molecular flexibility index (Phi) is 5.56. The van der Waals surface area contributed by atoms with E-state index in [-0.39, 0.29) is 16.9 Å². The molecule has 5 aromatic rings. The SMILES string of the molecule is Cn1c(=O)c2cc(NC(=O)C(C)(Cc3nc4ccccc4s3)c3ccccc3)cnc2n(C)c1=O. The van der Waals surface area contributed by atoms with Crippen LogP contribution in [-0.2, 0) is 30.7 Å². The van der Waals surface area contributed by atoms with Crippen molar-refractivity contribution in [1.82, 2.24) is 19.1 Å². The number of para-hydroxylation sites is 1. The Morgan fingerprint density at radius 1 is 1.03 bits per heavy atom. The number of fused-ring (bicyclic) bond motifs is 2. The van der Waals surface area contributed by atoms with Crippen molar-refractivity contribution in [1.29, 1.82) is 0 Å². The number of carbonyl (C=O) groups is 1. The summed E-state index contributed by atoms with van der Waals surface area (Å²) in [7, 11) is 2.97. The van der Waals surface area contributed by atoms with Gasteiger partial charge in [0.25, 0.3) is 5.56 Å². The zero-order valence-electron chi connectivity index (χ0n) is 19.5. The monoisotopic (exact) mass is 485 g/mol. The number of carbonyl (C=O) groups excluding carboxylic acids is 1. The van der Waals surface area contributed by atoms with Crippen molar-refractivity contribution in [3.8, 4) is 0 Å². The molecule has 3 aromatic heterocycles. The van der Waals surface area contributed by atoms with Gasteiger partial charge in [-0.25, -0.2) is 14.8 Å². The molecule has 1 atom stereocenters. The quantitative estimate of drug-likeness (QED) is 0.412. The summed E-state index contributed by atoms with van der Waals surface area (Å²) in [5.74, 6) is -0.245. The molecule has 5 rings (SSSR count). The molecule has 1 N–H and O–H groups in total. The van der Waals surface area contributed by atoms with Crippen molar-refractivity contribution in [3.63, 3.8) is 0 Å². The summed E-state index contributed by atoms with van der Waals surface area (Å²) in [5, 5.41) is 4.05. The number of aryl methyl sites for hydroxylation is 1. The second-order valence-electron chi connectivity index (χ2n) is 8.71. The Morgan fingerprint density at radius 3 is 2.49 bits per heavy atom. The van der Waals surface area contributed by atoms with E-state index in [4.69, 9.17) is 4.98 Å². The van der Waals surface area contributed by atoms with Crippen LogP contribution in [0.25, 0.3) is 21.3 Å². The maximum absolute atomic E-state index is 13.8. The maximum atomic E-state index is 13.8. The first-order valence-corrected chi connectivity index (χ1v) is 11.9. The third-order valence-electron chi connectivity index (χ3n) is 6.31. The normalized spacial score (nSPS) is 13.1. The number of nitrogens with zero attached hydrogens (tertiary/aromatic N) is 4. The van der Waals surface area contributed by atoms with Gasteiger partial charge in [0.05, 0.1) is 37.9 Å². The minimum atomic E-state index is -0.932. The van der Waals surface area contributed by atoms with Crippen LogP contribution >= 0.6 is 11.3 Å². The van der Waals surface area contributed by atoms with Gasteiger partial charge in [0.2, 0.25) is 5.91 Å². The average molecular weight is 486 g/mol. The van der Waals surface area contributed by atoms with Gasteiger partial charge in [0, 0.05) is 20.5 Å². The molecule has 8 nitrogen and oxygen atoms in total. The van der Waals surface area contributed by atoms with Crippen LogP contribution in [0.1, 0.15) is 17.5 Å². The summed E-state index contributed by atoms with van der Waals surface area (Å²) >= 11 is 1.57. The number of anilines is 1. The van der Waals surface area contributed by atoms with Gasteiger partial charge < -0.3 is 5.32 Å². The molecule has 0 saturated carbocycles. The molecule has 1 unspecified atom stereocenters. The Hall–Kier alpha value is -4.11. The highest BCUT2D eigenvalue weighted by Crippen LogP contribution is 2.33. The summed E-state index contributed by atoms with van der Waals surface area (Å²) in [6, 6.07) is 19.0. The molecule has 0 spiro atoms. The van der Waals surface area contributed by atoms with Crippen LogP contribution in [0.2, 0.25) is 0 Å². The number of thiazole rings is 1. The van der Waals surface area contributed by atoms with Crippen LogP contribution in [0.3, 0.4) is 0 Å². The van der Waals surface area contributed by atoms with Crippen molar-refractivity contribution < 1.29 is 4.79 Å². The van der Waals surface area contributed by atoms with Crippen molar-refractivity contribution in [2.24, 2.45) is 14.1 Å². The summed E-state index contributed by atoms with van der Waals surface area (Å²) in [6.07, 6.45) is 1.86. The van der Waals surface area contributed by atoms with Gasteiger partial charge in [-0.1, -0.05) is 42.5 Å². The molecule has 2 aromatic carbocycles. The molecule has 3 heterocycles. The molecule has 0 radical (unpaired) electrons. The Labute approximate surface area is 204 Å². The lowest BCUT2D eigenvalue weighted by atomic mass is 9.78. The first-order chi connectivity index (χ1) is 16.8. The molecule has 0 aliphatic rings. The van der Waals surface area contributed by atoms with E-state index in [1.165, 1.54) is 17.8 Å². The van der Waals surface area contributed by atoms with Crippen LogP contribution < -0.4 is 16.6 Å². The van der Waals surface area contributed by atoms with Crippen LogP contribution in [0.15, 0.2) is 76.4 Å². The molecule has 176 valence electrons. The van der Waals surface area contributed by atoms with Crippen molar-refractivity contribution in [2.45, 2.75) is 18.8 Å². The molecule has 35 heavy (non-hydrogen) atoms. The molecular formula is C26H23N5O3S. The topological polar surface area (TPSA) is 98.9 Å². The largest absolute Gasteiger partial charge is 0.332 e. The van der Waals surface area contributed by atoms with Crippen LogP contribution in [0, 0.1) is 0 Å². The highest BCUT2D eigenvalue weighted by molar-refractivity contribution is 7.18. The van der Waals surface area contributed by atoms with Crippen LogP contribution in [-0.4, -0.2) is 25.0 Å². The predicted molar refractivity (Wildman–Crippen MR) is 138 cm³/mol. The van der Waals surface area contributed by atoms with Gasteiger partial charge in [-0.3, -0.25) is 18.7 Å². The zero-order valence-corrected chi connectivity index (χ0v) is 20.3. The van der Waals surface area contributed by atoms with E-state index in [9.17, 15) is 14.4 Å². The fraction of sp³-hybridized carbons (Fsp3) is 0.192. The zero-order chi connectivity index (χ0) is 24.7. The van der Waals surface area contributed by atoms with E-state index < -0.39 is 16.7 Å². The minimum Gasteiger partial charge on any atom is -0.324 e. The van der Waals surface area contributed by atoms with E-state index in [0.717, 1.165) is 25.4 Å². The van der Waals surface area contributed by atoms with Crippen molar-refractivity contribution in [2.75, 3.05) is 5.32 Å². The minimum absolute atomic E-state index is 0.245. The number of hydrogen-bond donors (Lipinski definition) is 1. The fourth-order valence-electron chi connectivity index (χ4n) is 4.22. The van der Waals surface area contributed by atoms with E-state index in [1.807, 2.05) is 61.5 Å². The van der Waals surface area contributed by atoms with Gasteiger partial charge in [-0.2, -0.15) is 0 Å². The van der Waals surface area contributed by atoms with E-state index in [1.54, 1.807) is 24.5 Å². The lowest BCUT2D eigenvalue weighted by Gasteiger charge is -2.28. The summed E-state index contributed by atoms with van der Waals surface area (Å²) in [4.78, 5) is 47.7. The lowest BCUT2D eigenvalue weighted by molar-refractivity contribution is -0.121. The fourth-order valence-corrected chi connectivity index (χ4v) is 5.34. The number of benzene rings is 2. The average Bonchev–Trinajstić information content (AvgIpc) is 3.28. The number of pyridine rings is 1. The van der Waals surface area contributed by atoms with Gasteiger partial charge in [-0.15, -0.1) is 11.3 Å². The summed E-state index contributed by atoms with van der Waals surface area (Å²) in [5.41, 5.74) is 0.540. The molecule has 0 fully saturated rings. The second-order valence-corrected chi connectivity index (χ2v) is 9.82. The third kappa shape index (κ3) is 3.93. The highest BCUT2D eigenvalue weighted by atomic mass is 32.1. The predicted octanol–water partition coefficient (Wildman–Crippen LogP) is 3.38. The van der Waals surface area contributed by atoms with Gasteiger partial charge >= 0.3 is 5.69 Å². The molecule has 0 aliphatic heterocycles. The molecule has 1 amide bonds. The van der Waals surface area contributed by atoms with Crippen molar-refractivity contribution >= 4 is 44.2 Å². The summed E-state index contributed by atoms with van der Waals surface area (Å²) < 4.78 is 3.40. The molecule has 0 saturated heterocycles. The summed E-state index contributed by atoms with van der Waals surface area (Å²) in [6.45, 7) is 1.89. The van der Waals surface area contributed by atoms with Gasteiger partial charge in [0.1, 0.15) is 5.65 Å². The standard InChI is InChI=1S/C26H23N5O3S/c1-26(16-9-5-4-6-10-16,14-21-29-19-11-7-8-12-20(19)35-21)24(33)28-17-13-18-22(27-15-17)30(2)25(34)31(3)23(18)32/h4-13,15H,14H2,1-3H3,(H,28,33). The van der Waals surface area contributed by atoms with E-state index in [0.29, 0.717) is 12.1 Å². The van der Waals surface area contributed by atoms with E-state index in [2.05, 4.69) is 10.3 Å². The molecule has 0 bridgehead atoms. The first kappa shape index (κ1) is 22.7. The van der Waals surface area contributed by atoms with Crippen LogP contribution in [0.4, 0.5) is 5.69 Å². The molecule has 9 heteroatoms. The third-order valence-corrected chi connectivity index (χ3v) is 7.34. The molecule has 0 aliphatic carbocycles. The van der Waals surface area contributed by atoms with Gasteiger partial charge in [0.15, 0.2) is 0 Å². The Bertz CT molecular complexity index is 1670. The van der Waals surface area contributed by atoms with Crippen LogP contribution in [0.5, 0.6) is 0 Å². The van der Waals surface area contributed by atoms with Crippen molar-refractivity contribution in [3.05, 3.63) is 98.3 Å². The van der Waals surface area contributed by atoms with E-state index >= 15 is 0 Å². The number of hydrogen-bond acceptors (Lipinski definition) is 6. The number of aromatic nitrogens is 4. The second kappa shape index (κ2) is 8.59. The highest BCUT2D eigenvalue weighted by Gasteiger charge is 2.36. The van der Waals surface area contributed by atoms with Gasteiger partial charge in [-0.05, 0) is 30.7 Å². The Morgan fingerprint density at radius 2 is 1.74 bits per heavy atom. The smallest absolute Gasteiger partial charge is 0.324 e. The number of rotatable bonds is 5. The molecular weight excluding hydrogens is 462 g/mol. The number of amides is 1. The first-order valence-electron chi connectivity index (χ1n) is 11.0.